The number of amides is 1. The van der Waals surface area contributed by atoms with Crippen LogP contribution in [0, 0.1) is 5.92 Å². The van der Waals surface area contributed by atoms with Crippen LogP contribution in [-0.2, 0) is 9.59 Å². The second kappa shape index (κ2) is 7.37. The molecular weight excluding hydrogens is 262 g/mol. The van der Waals surface area contributed by atoms with Gasteiger partial charge in [-0.3, -0.25) is 4.79 Å². The minimum atomic E-state index is -1.06. The summed E-state index contributed by atoms with van der Waals surface area (Å²) in [5, 5.41) is 11.4. The lowest BCUT2D eigenvalue weighted by molar-refractivity contribution is -0.143. The molecule has 0 fully saturated rings. The van der Waals surface area contributed by atoms with E-state index < -0.39 is 17.9 Å². The van der Waals surface area contributed by atoms with E-state index in [9.17, 15) is 9.59 Å². The molecule has 0 bridgehead atoms. The van der Waals surface area contributed by atoms with Crippen LogP contribution in [0.3, 0.4) is 0 Å². The molecule has 20 heavy (non-hydrogen) atoms. The standard InChI is InChI=1S/C14H19NO5/c1-9(2)13(14(17)18)15-12(16)8-20-11-6-4-5-10(7-11)19-3/h4-7,9,13H,8H2,1-3H3,(H,15,16)(H,17,18)/t13-/m0/s1. The first kappa shape index (κ1) is 15.8. The average molecular weight is 281 g/mol. The highest BCUT2D eigenvalue weighted by atomic mass is 16.5. The molecule has 6 heteroatoms. The monoisotopic (exact) mass is 281 g/mol. The number of benzene rings is 1. The number of carbonyl (C=O) groups is 2. The molecule has 0 aliphatic heterocycles. The second-order valence-corrected chi connectivity index (χ2v) is 4.60. The number of nitrogens with one attached hydrogen (secondary N) is 1. The molecule has 110 valence electrons. The van der Waals surface area contributed by atoms with Crippen LogP contribution in [0.1, 0.15) is 13.8 Å². The normalized spacial score (nSPS) is 11.8. The van der Waals surface area contributed by atoms with Crippen molar-refractivity contribution in [3.63, 3.8) is 0 Å². The van der Waals surface area contributed by atoms with Crippen molar-refractivity contribution >= 4 is 11.9 Å². The van der Waals surface area contributed by atoms with Crippen LogP contribution in [0.5, 0.6) is 11.5 Å². The van der Waals surface area contributed by atoms with Crippen molar-refractivity contribution < 1.29 is 24.2 Å². The molecule has 1 aromatic rings. The maximum atomic E-state index is 11.7. The van der Waals surface area contributed by atoms with Crippen LogP contribution in [0.4, 0.5) is 0 Å². The average Bonchev–Trinajstić information content (AvgIpc) is 2.42. The number of carboxylic acids is 1. The van der Waals surface area contributed by atoms with Gasteiger partial charge in [0.15, 0.2) is 6.61 Å². The molecule has 0 aliphatic rings. The first-order valence-electron chi connectivity index (χ1n) is 6.23. The van der Waals surface area contributed by atoms with Gasteiger partial charge >= 0.3 is 5.97 Å². The highest BCUT2D eigenvalue weighted by Gasteiger charge is 2.23. The summed E-state index contributed by atoms with van der Waals surface area (Å²) in [7, 11) is 1.53. The van der Waals surface area contributed by atoms with Crippen LogP contribution >= 0.6 is 0 Å². The van der Waals surface area contributed by atoms with Crippen molar-refractivity contribution in [1.29, 1.82) is 0 Å². The fourth-order valence-electron chi connectivity index (χ4n) is 1.57. The van der Waals surface area contributed by atoms with Gasteiger partial charge in [-0.15, -0.1) is 0 Å². The van der Waals surface area contributed by atoms with Gasteiger partial charge in [-0.2, -0.15) is 0 Å². The highest BCUT2D eigenvalue weighted by Crippen LogP contribution is 2.18. The van der Waals surface area contributed by atoms with Crippen LogP contribution < -0.4 is 14.8 Å². The van der Waals surface area contributed by atoms with Crippen molar-refractivity contribution in [2.24, 2.45) is 5.92 Å². The molecule has 0 unspecified atom stereocenters. The van der Waals surface area contributed by atoms with Crippen molar-refractivity contribution in [3.05, 3.63) is 24.3 Å². The van der Waals surface area contributed by atoms with Crippen LogP contribution in [0.25, 0.3) is 0 Å². The summed E-state index contributed by atoms with van der Waals surface area (Å²) in [6.07, 6.45) is 0. The summed E-state index contributed by atoms with van der Waals surface area (Å²) in [5.41, 5.74) is 0. The highest BCUT2D eigenvalue weighted by molar-refractivity contribution is 5.84. The van der Waals surface area contributed by atoms with Gasteiger partial charge in [0.25, 0.3) is 5.91 Å². The van der Waals surface area contributed by atoms with Crippen molar-refractivity contribution in [3.8, 4) is 11.5 Å². The quantitative estimate of drug-likeness (QED) is 0.787. The Labute approximate surface area is 117 Å². The van der Waals surface area contributed by atoms with Gasteiger partial charge in [-0.25, -0.2) is 4.79 Å². The smallest absolute Gasteiger partial charge is 0.326 e. The first-order valence-corrected chi connectivity index (χ1v) is 6.23. The van der Waals surface area contributed by atoms with E-state index in [-0.39, 0.29) is 12.5 Å². The Hall–Kier alpha value is -2.24. The predicted octanol–water partition coefficient (Wildman–Crippen LogP) is 1.30. The first-order chi connectivity index (χ1) is 9.43. The molecule has 0 saturated heterocycles. The summed E-state index contributed by atoms with van der Waals surface area (Å²) in [4.78, 5) is 22.6. The van der Waals surface area contributed by atoms with Crippen molar-refractivity contribution in [2.45, 2.75) is 19.9 Å². The molecule has 0 aliphatic carbocycles. The largest absolute Gasteiger partial charge is 0.497 e. The van der Waals surface area contributed by atoms with E-state index in [4.69, 9.17) is 14.6 Å². The number of carboxylic acid groups (broad SMARTS) is 1. The molecule has 1 amide bonds. The molecule has 6 nitrogen and oxygen atoms in total. The molecule has 0 saturated carbocycles. The van der Waals surface area contributed by atoms with Gasteiger partial charge < -0.3 is 19.9 Å². The number of hydrogen-bond donors (Lipinski definition) is 2. The Kier molecular flexibility index (Phi) is 5.83. The number of carbonyl (C=O) groups excluding carboxylic acids is 1. The van der Waals surface area contributed by atoms with Crippen LogP contribution in [-0.4, -0.2) is 36.7 Å². The lowest BCUT2D eigenvalue weighted by atomic mass is 10.1. The zero-order valence-electron chi connectivity index (χ0n) is 11.8. The van der Waals surface area contributed by atoms with E-state index in [2.05, 4.69) is 5.32 Å². The molecule has 0 heterocycles. The lowest BCUT2D eigenvalue weighted by Crippen LogP contribution is -2.46. The lowest BCUT2D eigenvalue weighted by Gasteiger charge is -2.18. The van der Waals surface area contributed by atoms with E-state index >= 15 is 0 Å². The Morgan fingerprint density at radius 3 is 2.50 bits per heavy atom. The maximum Gasteiger partial charge on any atom is 0.326 e. The summed E-state index contributed by atoms with van der Waals surface area (Å²) in [6.45, 7) is 3.20. The second-order valence-electron chi connectivity index (χ2n) is 4.60. The minimum Gasteiger partial charge on any atom is -0.497 e. The summed E-state index contributed by atoms with van der Waals surface area (Å²) < 4.78 is 10.3. The van der Waals surface area contributed by atoms with Gasteiger partial charge in [0.2, 0.25) is 0 Å². The van der Waals surface area contributed by atoms with Crippen molar-refractivity contribution in [1.82, 2.24) is 5.32 Å². The van der Waals surface area contributed by atoms with E-state index in [1.54, 1.807) is 38.1 Å². The van der Waals surface area contributed by atoms with Crippen molar-refractivity contribution in [2.75, 3.05) is 13.7 Å². The van der Waals surface area contributed by atoms with Crippen LogP contribution in [0.2, 0.25) is 0 Å². The number of aliphatic carboxylic acids is 1. The third-order valence-electron chi connectivity index (χ3n) is 2.66. The van der Waals surface area contributed by atoms with E-state index in [0.29, 0.717) is 11.5 Å². The Bertz CT molecular complexity index is 472. The zero-order chi connectivity index (χ0) is 15.1. The SMILES string of the molecule is COc1cccc(OCC(=O)N[C@H](C(=O)O)C(C)C)c1. The number of hydrogen-bond acceptors (Lipinski definition) is 4. The Morgan fingerprint density at radius 1 is 1.30 bits per heavy atom. The van der Waals surface area contributed by atoms with Gasteiger partial charge in [-0.1, -0.05) is 19.9 Å². The number of rotatable bonds is 7. The fourth-order valence-corrected chi connectivity index (χ4v) is 1.57. The van der Waals surface area contributed by atoms with E-state index in [1.807, 2.05) is 0 Å². The molecule has 1 rings (SSSR count). The summed E-state index contributed by atoms with van der Waals surface area (Å²) in [5.74, 6) is -0.638. The zero-order valence-corrected chi connectivity index (χ0v) is 11.8. The van der Waals surface area contributed by atoms with Gasteiger partial charge in [0, 0.05) is 6.07 Å². The Balaban J connectivity index is 2.52. The molecule has 1 atom stereocenters. The minimum absolute atomic E-state index is 0.201. The predicted molar refractivity (Wildman–Crippen MR) is 72.9 cm³/mol. The van der Waals surface area contributed by atoms with Gasteiger partial charge in [0.1, 0.15) is 17.5 Å². The molecule has 2 N–H and O–H groups in total. The maximum absolute atomic E-state index is 11.7. The topological polar surface area (TPSA) is 84.9 Å². The molecule has 1 aromatic carbocycles. The third kappa shape index (κ3) is 4.79. The molecule has 0 radical (unpaired) electrons. The number of ether oxygens (including phenoxy) is 2. The Morgan fingerprint density at radius 2 is 1.95 bits per heavy atom. The third-order valence-corrected chi connectivity index (χ3v) is 2.66. The van der Waals surface area contributed by atoms with E-state index in [0.717, 1.165) is 0 Å². The fraction of sp³-hybridized carbons (Fsp3) is 0.429. The van der Waals surface area contributed by atoms with E-state index in [1.165, 1.54) is 7.11 Å². The molecule has 0 aromatic heterocycles. The summed E-state index contributed by atoms with van der Waals surface area (Å²) >= 11 is 0. The van der Waals surface area contributed by atoms with Gasteiger partial charge in [-0.05, 0) is 18.1 Å². The molecule has 0 spiro atoms. The van der Waals surface area contributed by atoms with Gasteiger partial charge in [0.05, 0.1) is 7.11 Å². The summed E-state index contributed by atoms with van der Waals surface area (Å²) in [6, 6.07) is 5.90. The molecular formula is C14H19NO5. The number of methoxy groups -OCH3 is 1. The van der Waals surface area contributed by atoms with Crippen LogP contribution in [0.15, 0.2) is 24.3 Å².